The minimum atomic E-state index is 0.196. The molecule has 0 spiro atoms. The maximum absolute atomic E-state index is 8.67. The second-order valence-electron chi connectivity index (χ2n) is 2.74. The van der Waals surface area contributed by atoms with Crippen molar-refractivity contribution in [1.82, 2.24) is 14.5 Å². The second kappa shape index (κ2) is 4.49. The third-order valence-electron chi connectivity index (χ3n) is 1.64. The van der Waals surface area contributed by atoms with Crippen molar-refractivity contribution in [3.63, 3.8) is 0 Å². The first-order chi connectivity index (χ1) is 5.74. The number of aliphatic hydroxyl groups is 1. The molecule has 0 aromatic carbocycles. The van der Waals surface area contributed by atoms with E-state index in [0.29, 0.717) is 6.54 Å². The predicted octanol–water partition coefficient (Wildman–Crippen LogP) is 0.271. The zero-order valence-corrected chi connectivity index (χ0v) is 8.13. The molecule has 1 rings (SSSR count). The molecule has 0 radical (unpaired) electrons. The number of aryl methyl sites for hydroxylation is 1. The van der Waals surface area contributed by atoms with Gasteiger partial charge in [0.1, 0.15) is 0 Å². The predicted molar refractivity (Wildman–Crippen MR) is 48.1 cm³/mol. The van der Waals surface area contributed by atoms with Gasteiger partial charge >= 0.3 is 0 Å². The van der Waals surface area contributed by atoms with E-state index in [-0.39, 0.29) is 6.61 Å². The van der Waals surface area contributed by atoms with Crippen molar-refractivity contribution in [1.29, 1.82) is 0 Å². The third-order valence-corrected chi connectivity index (χ3v) is 2.45. The molecule has 0 aliphatic carbocycles. The summed E-state index contributed by atoms with van der Waals surface area (Å²) in [7, 11) is 1.97. The van der Waals surface area contributed by atoms with Crippen molar-refractivity contribution in [3.05, 3.63) is 10.6 Å². The fraction of sp³-hybridized carbons (Fsp3) is 0.714. The summed E-state index contributed by atoms with van der Waals surface area (Å²) in [5.74, 6) is 0. The highest BCUT2D eigenvalue weighted by atomic mass is 32.1. The van der Waals surface area contributed by atoms with Gasteiger partial charge in [-0.05, 0) is 25.5 Å². The molecular weight excluding hydrogens is 174 g/mol. The largest absolute Gasteiger partial charge is 0.395 e. The Bertz CT molecular complexity index is 238. The molecule has 0 bridgehead atoms. The average Bonchev–Trinajstić information content (AvgIpc) is 2.37. The van der Waals surface area contributed by atoms with Gasteiger partial charge in [-0.25, -0.2) is 0 Å². The van der Waals surface area contributed by atoms with Gasteiger partial charge in [-0.3, -0.25) is 4.90 Å². The van der Waals surface area contributed by atoms with Crippen molar-refractivity contribution in [2.75, 3.05) is 20.2 Å². The Morgan fingerprint density at radius 3 is 2.83 bits per heavy atom. The second-order valence-corrected chi connectivity index (χ2v) is 3.58. The Kier molecular flexibility index (Phi) is 3.58. The van der Waals surface area contributed by atoms with E-state index < -0.39 is 0 Å². The van der Waals surface area contributed by atoms with Crippen LogP contribution in [0.5, 0.6) is 0 Å². The van der Waals surface area contributed by atoms with E-state index >= 15 is 0 Å². The zero-order chi connectivity index (χ0) is 8.97. The topological polar surface area (TPSA) is 49.2 Å². The summed E-state index contributed by atoms with van der Waals surface area (Å²) in [6.45, 7) is 3.66. The molecule has 0 saturated carbocycles. The van der Waals surface area contributed by atoms with E-state index in [4.69, 9.17) is 5.11 Å². The fourth-order valence-electron chi connectivity index (χ4n) is 0.891. The summed E-state index contributed by atoms with van der Waals surface area (Å²) in [5.41, 5.74) is 0.991. The molecule has 0 unspecified atom stereocenters. The zero-order valence-electron chi connectivity index (χ0n) is 7.32. The van der Waals surface area contributed by atoms with Crippen LogP contribution < -0.4 is 0 Å². The normalized spacial score (nSPS) is 11.0. The van der Waals surface area contributed by atoms with Gasteiger partial charge in [0.25, 0.3) is 0 Å². The van der Waals surface area contributed by atoms with Crippen molar-refractivity contribution >= 4 is 11.5 Å². The number of aromatic nitrogens is 2. The Morgan fingerprint density at radius 2 is 2.33 bits per heavy atom. The van der Waals surface area contributed by atoms with Crippen LogP contribution >= 0.6 is 11.5 Å². The summed E-state index contributed by atoms with van der Waals surface area (Å²) >= 11 is 1.42. The first-order valence-corrected chi connectivity index (χ1v) is 4.58. The summed E-state index contributed by atoms with van der Waals surface area (Å²) in [4.78, 5) is 3.22. The highest BCUT2D eigenvalue weighted by Crippen LogP contribution is 2.10. The van der Waals surface area contributed by atoms with E-state index in [2.05, 4.69) is 9.59 Å². The molecule has 1 aromatic rings. The first-order valence-electron chi connectivity index (χ1n) is 3.81. The molecule has 0 aliphatic heterocycles. The molecule has 0 saturated heterocycles. The summed E-state index contributed by atoms with van der Waals surface area (Å²) < 4.78 is 3.84. The Labute approximate surface area is 76.0 Å². The fourth-order valence-corrected chi connectivity index (χ4v) is 1.60. The number of likely N-dealkylation sites (N-methyl/N-ethyl adjacent to an activating group) is 1. The molecule has 5 heteroatoms. The van der Waals surface area contributed by atoms with Crippen LogP contribution in [-0.2, 0) is 6.54 Å². The van der Waals surface area contributed by atoms with Crippen molar-refractivity contribution in [2.24, 2.45) is 0 Å². The lowest BCUT2D eigenvalue weighted by atomic mass is 10.4. The molecule has 68 valence electrons. The standard InChI is InChI=1S/C7H13N3OS/c1-6-7(12-9-8-6)5-10(2)3-4-11/h11H,3-5H2,1-2H3. The number of hydrogen-bond acceptors (Lipinski definition) is 5. The first kappa shape index (κ1) is 9.57. The number of aliphatic hydroxyl groups excluding tert-OH is 1. The minimum Gasteiger partial charge on any atom is -0.395 e. The molecule has 1 heterocycles. The SMILES string of the molecule is Cc1nnsc1CN(C)CCO. The van der Waals surface area contributed by atoms with E-state index in [1.807, 2.05) is 18.9 Å². The minimum absolute atomic E-state index is 0.196. The van der Waals surface area contributed by atoms with Gasteiger partial charge in [-0.2, -0.15) is 0 Å². The van der Waals surface area contributed by atoms with E-state index in [1.54, 1.807) is 0 Å². The van der Waals surface area contributed by atoms with Gasteiger partial charge in [-0.1, -0.05) is 4.49 Å². The molecule has 1 N–H and O–H groups in total. The van der Waals surface area contributed by atoms with Gasteiger partial charge in [0.05, 0.1) is 17.2 Å². The van der Waals surface area contributed by atoms with Crippen molar-refractivity contribution < 1.29 is 5.11 Å². The van der Waals surface area contributed by atoms with E-state index in [1.165, 1.54) is 16.4 Å². The van der Waals surface area contributed by atoms with Gasteiger partial charge in [0.15, 0.2) is 0 Å². The molecule has 0 atom stereocenters. The van der Waals surface area contributed by atoms with Gasteiger partial charge < -0.3 is 5.11 Å². The van der Waals surface area contributed by atoms with Crippen LogP contribution in [0.3, 0.4) is 0 Å². The average molecular weight is 187 g/mol. The van der Waals surface area contributed by atoms with Crippen LogP contribution in [0, 0.1) is 6.92 Å². The molecule has 4 nitrogen and oxygen atoms in total. The quantitative estimate of drug-likeness (QED) is 0.735. The lowest BCUT2D eigenvalue weighted by Gasteiger charge is -2.12. The lowest BCUT2D eigenvalue weighted by Crippen LogP contribution is -2.21. The lowest BCUT2D eigenvalue weighted by molar-refractivity contribution is 0.218. The molecule has 0 fully saturated rings. The van der Waals surface area contributed by atoms with Crippen molar-refractivity contribution in [3.8, 4) is 0 Å². The Hall–Kier alpha value is -0.520. The molecule has 0 aliphatic rings. The van der Waals surface area contributed by atoms with Crippen LogP contribution in [-0.4, -0.2) is 39.8 Å². The van der Waals surface area contributed by atoms with E-state index in [9.17, 15) is 0 Å². The third kappa shape index (κ3) is 2.51. The van der Waals surface area contributed by atoms with Gasteiger partial charge in [0.2, 0.25) is 0 Å². The number of hydrogen-bond donors (Lipinski definition) is 1. The molecule has 1 aromatic heterocycles. The molecule has 0 amide bonds. The van der Waals surface area contributed by atoms with Crippen LogP contribution in [0.2, 0.25) is 0 Å². The smallest absolute Gasteiger partial charge is 0.0769 e. The van der Waals surface area contributed by atoms with Crippen LogP contribution in [0.1, 0.15) is 10.6 Å². The Morgan fingerprint density at radius 1 is 1.58 bits per heavy atom. The highest BCUT2D eigenvalue weighted by molar-refractivity contribution is 7.05. The Balaban J connectivity index is 2.46. The highest BCUT2D eigenvalue weighted by Gasteiger charge is 2.05. The monoisotopic (exact) mass is 187 g/mol. The van der Waals surface area contributed by atoms with Crippen molar-refractivity contribution in [2.45, 2.75) is 13.5 Å². The van der Waals surface area contributed by atoms with Crippen LogP contribution in [0.15, 0.2) is 0 Å². The van der Waals surface area contributed by atoms with Gasteiger partial charge in [0, 0.05) is 13.1 Å². The van der Waals surface area contributed by atoms with E-state index in [0.717, 1.165) is 12.2 Å². The van der Waals surface area contributed by atoms with Crippen LogP contribution in [0.4, 0.5) is 0 Å². The maximum atomic E-state index is 8.67. The number of rotatable bonds is 4. The summed E-state index contributed by atoms with van der Waals surface area (Å²) in [6, 6.07) is 0. The van der Waals surface area contributed by atoms with Gasteiger partial charge in [-0.15, -0.1) is 5.10 Å². The van der Waals surface area contributed by atoms with Crippen LogP contribution in [0.25, 0.3) is 0 Å². The maximum Gasteiger partial charge on any atom is 0.0769 e. The summed E-state index contributed by atoms with van der Waals surface area (Å²) in [6.07, 6.45) is 0. The number of nitrogens with zero attached hydrogens (tertiary/aromatic N) is 3. The molecular formula is C7H13N3OS. The molecule has 12 heavy (non-hydrogen) atoms. The summed E-state index contributed by atoms with van der Waals surface area (Å²) in [5, 5.41) is 12.6.